The molecule has 0 radical (unpaired) electrons. The van der Waals surface area contributed by atoms with E-state index in [-0.39, 0.29) is 5.97 Å². The van der Waals surface area contributed by atoms with Crippen LogP contribution < -0.4 is 4.74 Å². The van der Waals surface area contributed by atoms with Gasteiger partial charge in [-0.2, -0.15) is 0 Å². The topological polar surface area (TPSA) is 35.5 Å². The molecule has 0 N–H and O–H groups in total. The molecule has 0 unspecified atom stereocenters. The molecule has 22 heavy (non-hydrogen) atoms. The zero-order chi connectivity index (χ0) is 15.9. The van der Waals surface area contributed by atoms with E-state index in [1.54, 1.807) is 0 Å². The van der Waals surface area contributed by atoms with Crippen molar-refractivity contribution in [2.45, 2.75) is 26.4 Å². The Balaban J connectivity index is 1.91. The van der Waals surface area contributed by atoms with E-state index >= 15 is 0 Å². The molecule has 2 aromatic rings. The van der Waals surface area contributed by atoms with Crippen LogP contribution in [0.3, 0.4) is 0 Å². The van der Waals surface area contributed by atoms with Crippen LogP contribution in [-0.4, -0.2) is 13.1 Å². The molecule has 0 spiro atoms. The summed E-state index contributed by atoms with van der Waals surface area (Å²) in [7, 11) is 1.41. The molecule has 3 nitrogen and oxygen atoms in total. The molecule has 2 aromatic carbocycles. The fraction of sp³-hybridized carbons (Fsp3) is 0.278. The largest absolute Gasteiger partial charge is 0.489 e. The number of hydrogen-bond donors (Lipinski definition) is 0. The highest BCUT2D eigenvalue weighted by Gasteiger charge is 2.04. The predicted octanol–water partition coefficient (Wildman–Crippen LogP) is 4.44. The van der Waals surface area contributed by atoms with Gasteiger partial charge in [-0.15, -0.1) is 0 Å². The first kappa shape index (κ1) is 16.6. The molecule has 0 bridgehead atoms. The van der Waals surface area contributed by atoms with Crippen molar-refractivity contribution < 1.29 is 14.3 Å². The van der Waals surface area contributed by atoms with Gasteiger partial charge in [0.05, 0.1) is 7.11 Å². The Kier molecular flexibility index (Phi) is 6.01. The van der Waals surface area contributed by atoms with E-state index < -0.39 is 0 Å². The lowest BCUT2D eigenvalue weighted by atomic mass is 10.1. The lowest BCUT2D eigenvalue weighted by Gasteiger charge is -2.10. The van der Waals surface area contributed by atoms with Crippen LogP contribution in [0, 0.1) is 6.92 Å². The molecule has 0 saturated carbocycles. The molecule has 4 heteroatoms. The summed E-state index contributed by atoms with van der Waals surface area (Å²) < 4.78 is 11.5. The normalized spacial score (nSPS) is 10.3. The molecule has 0 aliphatic heterocycles. The second-order valence-electron chi connectivity index (χ2n) is 5.04. The SMILES string of the molecule is COC(=O)CCc1ccc(COc2cccc(Br)c2C)cc1. The van der Waals surface area contributed by atoms with Gasteiger partial charge in [0, 0.05) is 16.5 Å². The van der Waals surface area contributed by atoms with Crippen LogP contribution in [-0.2, 0) is 22.6 Å². The summed E-state index contributed by atoms with van der Waals surface area (Å²) in [5.74, 6) is 0.696. The third-order valence-electron chi connectivity index (χ3n) is 3.48. The first-order valence-electron chi connectivity index (χ1n) is 7.12. The van der Waals surface area contributed by atoms with E-state index in [0.717, 1.165) is 26.9 Å². The Morgan fingerprint density at radius 2 is 1.77 bits per heavy atom. The van der Waals surface area contributed by atoms with Crippen molar-refractivity contribution in [3.05, 3.63) is 63.6 Å². The van der Waals surface area contributed by atoms with E-state index in [9.17, 15) is 4.79 Å². The summed E-state index contributed by atoms with van der Waals surface area (Å²) in [6.45, 7) is 2.55. The number of carbonyl (C=O) groups excluding carboxylic acids is 1. The van der Waals surface area contributed by atoms with Crippen LogP contribution in [0.25, 0.3) is 0 Å². The molecule has 0 amide bonds. The van der Waals surface area contributed by atoms with Gasteiger partial charge in [0.2, 0.25) is 0 Å². The second-order valence-corrected chi connectivity index (χ2v) is 5.90. The predicted molar refractivity (Wildman–Crippen MR) is 90.0 cm³/mol. The maximum Gasteiger partial charge on any atom is 0.305 e. The smallest absolute Gasteiger partial charge is 0.305 e. The van der Waals surface area contributed by atoms with Gasteiger partial charge in [-0.05, 0) is 36.6 Å². The van der Waals surface area contributed by atoms with Crippen molar-refractivity contribution in [2.24, 2.45) is 0 Å². The molecule has 2 rings (SSSR count). The number of carbonyl (C=O) groups is 1. The number of halogens is 1. The summed E-state index contributed by atoms with van der Waals surface area (Å²) in [6, 6.07) is 14.0. The summed E-state index contributed by atoms with van der Waals surface area (Å²) >= 11 is 3.50. The van der Waals surface area contributed by atoms with Crippen LogP contribution in [0.5, 0.6) is 5.75 Å². The first-order chi connectivity index (χ1) is 10.6. The number of hydrogen-bond acceptors (Lipinski definition) is 3. The molecule has 0 atom stereocenters. The first-order valence-corrected chi connectivity index (χ1v) is 7.92. The maximum atomic E-state index is 11.1. The van der Waals surface area contributed by atoms with Crippen LogP contribution >= 0.6 is 15.9 Å². The Morgan fingerprint density at radius 3 is 2.45 bits per heavy atom. The molecule has 0 aromatic heterocycles. The molecule has 116 valence electrons. The third kappa shape index (κ3) is 4.60. The molecule has 0 aliphatic carbocycles. The van der Waals surface area contributed by atoms with Gasteiger partial charge < -0.3 is 9.47 Å². The Bertz CT molecular complexity index is 635. The van der Waals surface area contributed by atoms with Crippen molar-refractivity contribution in [1.29, 1.82) is 0 Å². The van der Waals surface area contributed by atoms with Gasteiger partial charge in [0.25, 0.3) is 0 Å². The van der Waals surface area contributed by atoms with Gasteiger partial charge in [0.1, 0.15) is 12.4 Å². The second kappa shape index (κ2) is 7.99. The standard InChI is InChI=1S/C18H19BrO3/c1-13-16(19)4-3-5-17(13)22-12-15-8-6-14(7-9-15)10-11-18(20)21-2/h3-9H,10-12H2,1-2H3. The summed E-state index contributed by atoms with van der Waals surface area (Å²) in [4.78, 5) is 11.1. The number of methoxy groups -OCH3 is 1. The average Bonchev–Trinajstić information content (AvgIpc) is 2.55. The minimum absolute atomic E-state index is 0.183. The van der Waals surface area contributed by atoms with E-state index in [1.807, 2.05) is 49.4 Å². The Labute approximate surface area is 139 Å². The van der Waals surface area contributed by atoms with E-state index in [0.29, 0.717) is 19.4 Å². The van der Waals surface area contributed by atoms with E-state index in [2.05, 4.69) is 20.7 Å². The number of rotatable bonds is 6. The Morgan fingerprint density at radius 1 is 1.09 bits per heavy atom. The minimum atomic E-state index is -0.183. The van der Waals surface area contributed by atoms with Crippen molar-refractivity contribution in [3.63, 3.8) is 0 Å². The van der Waals surface area contributed by atoms with Crippen LogP contribution in [0.1, 0.15) is 23.1 Å². The quantitative estimate of drug-likeness (QED) is 0.712. The van der Waals surface area contributed by atoms with Crippen molar-refractivity contribution >= 4 is 21.9 Å². The Hall–Kier alpha value is -1.81. The maximum absolute atomic E-state index is 11.1. The van der Waals surface area contributed by atoms with Gasteiger partial charge in [0.15, 0.2) is 0 Å². The fourth-order valence-electron chi connectivity index (χ4n) is 2.06. The van der Waals surface area contributed by atoms with Crippen LogP contribution in [0.15, 0.2) is 46.9 Å². The van der Waals surface area contributed by atoms with Gasteiger partial charge >= 0.3 is 5.97 Å². The molecule has 0 saturated heterocycles. The lowest BCUT2D eigenvalue weighted by Crippen LogP contribution is -2.02. The highest BCUT2D eigenvalue weighted by atomic mass is 79.9. The monoisotopic (exact) mass is 362 g/mol. The summed E-state index contributed by atoms with van der Waals surface area (Å²) in [6.07, 6.45) is 1.10. The fourth-order valence-corrected chi connectivity index (χ4v) is 2.40. The van der Waals surface area contributed by atoms with E-state index in [1.165, 1.54) is 7.11 Å². The zero-order valence-electron chi connectivity index (χ0n) is 12.8. The number of esters is 1. The minimum Gasteiger partial charge on any atom is -0.489 e. The third-order valence-corrected chi connectivity index (χ3v) is 4.34. The lowest BCUT2D eigenvalue weighted by molar-refractivity contribution is -0.140. The number of benzene rings is 2. The zero-order valence-corrected chi connectivity index (χ0v) is 14.4. The molecule has 0 heterocycles. The number of aryl methyl sites for hydroxylation is 1. The van der Waals surface area contributed by atoms with Crippen molar-refractivity contribution in [2.75, 3.05) is 7.11 Å². The highest BCUT2D eigenvalue weighted by Crippen LogP contribution is 2.26. The summed E-state index contributed by atoms with van der Waals surface area (Å²) in [5.41, 5.74) is 3.31. The van der Waals surface area contributed by atoms with Crippen LogP contribution in [0.4, 0.5) is 0 Å². The molecule has 0 aliphatic rings. The number of ether oxygens (including phenoxy) is 2. The van der Waals surface area contributed by atoms with Crippen molar-refractivity contribution in [1.82, 2.24) is 0 Å². The van der Waals surface area contributed by atoms with Gasteiger partial charge in [-0.1, -0.05) is 46.3 Å². The molecular weight excluding hydrogens is 344 g/mol. The molecular formula is C18H19BrO3. The van der Waals surface area contributed by atoms with Gasteiger partial charge in [-0.25, -0.2) is 0 Å². The van der Waals surface area contributed by atoms with Crippen LogP contribution in [0.2, 0.25) is 0 Å². The van der Waals surface area contributed by atoms with E-state index in [4.69, 9.17) is 4.74 Å². The highest BCUT2D eigenvalue weighted by molar-refractivity contribution is 9.10. The average molecular weight is 363 g/mol. The van der Waals surface area contributed by atoms with Gasteiger partial charge in [-0.3, -0.25) is 4.79 Å². The van der Waals surface area contributed by atoms with Crippen molar-refractivity contribution in [3.8, 4) is 5.75 Å². The summed E-state index contributed by atoms with van der Waals surface area (Å²) in [5, 5.41) is 0. The molecule has 0 fully saturated rings.